The van der Waals surface area contributed by atoms with Crippen LogP contribution < -0.4 is 20.5 Å². The van der Waals surface area contributed by atoms with Crippen LogP contribution in [-0.4, -0.2) is 33.4 Å². The van der Waals surface area contributed by atoms with Crippen molar-refractivity contribution in [1.29, 1.82) is 0 Å². The Morgan fingerprint density at radius 3 is 2.81 bits per heavy atom. The number of carbonyl (C=O) groups excluding carboxylic acids is 1. The Labute approximate surface area is 182 Å². The molecule has 2 heterocycles. The van der Waals surface area contributed by atoms with Crippen LogP contribution in [0.2, 0.25) is 5.02 Å². The lowest BCUT2D eigenvalue weighted by atomic mass is 10.1. The number of fused-ring (bicyclic) bond motifs is 1. The molecule has 2 aromatic carbocycles. The van der Waals surface area contributed by atoms with Crippen LogP contribution in [0.15, 0.2) is 48.5 Å². The molecule has 0 atom stereocenters. The molecule has 2 aromatic heterocycles. The summed E-state index contributed by atoms with van der Waals surface area (Å²) in [5, 5.41) is 13.6. The van der Waals surface area contributed by atoms with E-state index < -0.39 is 0 Å². The molecule has 0 saturated heterocycles. The van der Waals surface area contributed by atoms with Crippen molar-refractivity contribution >= 4 is 34.5 Å². The van der Waals surface area contributed by atoms with Crippen molar-refractivity contribution in [2.75, 3.05) is 12.8 Å². The Morgan fingerprint density at radius 2 is 2.00 bits per heavy atom. The molecule has 0 unspecified atom stereocenters. The number of ether oxygens (including phenoxy) is 2. The molecule has 0 aliphatic carbocycles. The molecule has 0 spiro atoms. The van der Waals surface area contributed by atoms with Crippen LogP contribution in [0.1, 0.15) is 21.5 Å². The van der Waals surface area contributed by atoms with E-state index in [2.05, 4.69) is 25.7 Å². The van der Waals surface area contributed by atoms with Crippen molar-refractivity contribution < 1.29 is 14.3 Å². The topological polar surface area (TPSA) is 128 Å². The standard InChI is InChI=1S/C21H19ClN6O3/c1-30-16-5-3-2-4-13(16)10-24-21(29)12-6-7-14(15(22)8-12)11-31-17-9-18(23)25-20-19(17)26-28-27-20/h2-9H,10-11H2,1H3,(H,24,29)(H3,23,25,26,27,28). The Bertz CT molecular complexity index is 1240. The van der Waals surface area contributed by atoms with E-state index in [1.807, 2.05) is 24.3 Å². The Balaban J connectivity index is 1.42. The molecular weight excluding hydrogens is 420 g/mol. The van der Waals surface area contributed by atoms with E-state index in [1.54, 1.807) is 31.4 Å². The van der Waals surface area contributed by atoms with Crippen LogP contribution in [-0.2, 0) is 13.2 Å². The number of nitrogens with zero attached hydrogens (tertiary/aromatic N) is 3. The Morgan fingerprint density at radius 1 is 1.16 bits per heavy atom. The highest BCUT2D eigenvalue weighted by Crippen LogP contribution is 2.26. The van der Waals surface area contributed by atoms with E-state index in [1.165, 1.54) is 0 Å². The van der Waals surface area contributed by atoms with Crippen LogP contribution in [0.3, 0.4) is 0 Å². The summed E-state index contributed by atoms with van der Waals surface area (Å²) >= 11 is 6.38. The molecule has 0 aliphatic heterocycles. The minimum atomic E-state index is -0.244. The second-order valence-corrected chi connectivity index (χ2v) is 7.05. The molecule has 0 fully saturated rings. The molecule has 10 heteroatoms. The van der Waals surface area contributed by atoms with E-state index in [4.69, 9.17) is 26.8 Å². The number of nitrogen functional groups attached to an aromatic ring is 1. The number of para-hydroxylation sites is 1. The van der Waals surface area contributed by atoms with Crippen LogP contribution in [0, 0.1) is 0 Å². The summed E-state index contributed by atoms with van der Waals surface area (Å²) in [6, 6.07) is 14.1. The number of rotatable bonds is 7. The normalized spacial score (nSPS) is 10.8. The van der Waals surface area contributed by atoms with Gasteiger partial charge in [0.1, 0.15) is 18.2 Å². The largest absolute Gasteiger partial charge is 0.496 e. The second kappa shape index (κ2) is 8.88. The summed E-state index contributed by atoms with van der Waals surface area (Å²) < 4.78 is 11.1. The zero-order valence-electron chi connectivity index (χ0n) is 16.6. The smallest absolute Gasteiger partial charge is 0.251 e. The average molecular weight is 439 g/mol. The molecule has 4 rings (SSSR count). The first-order valence-electron chi connectivity index (χ1n) is 9.33. The third-order valence-corrected chi connectivity index (χ3v) is 4.97. The number of methoxy groups -OCH3 is 1. The number of benzene rings is 2. The van der Waals surface area contributed by atoms with Crippen molar-refractivity contribution in [3.63, 3.8) is 0 Å². The highest BCUT2D eigenvalue weighted by Gasteiger charge is 2.13. The third-order valence-electron chi connectivity index (χ3n) is 4.61. The maximum atomic E-state index is 12.5. The van der Waals surface area contributed by atoms with E-state index in [-0.39, 0.29) is 18.3 Å². The van der Waals surface area contributed by atoms with Gasteiger partial charge < -0.3 is 20.5 Å². The van der Waals surface area contributed by atoms with Gasteiger partial charge in [-0.2, -0.15) is 0 Å². The number of pyridine rings is 1. The number of halogens is 1. The fourth-order valence-electron chi connectivity index (χ4n) is 3.03. The summed E-state index contributed by atoms with van der Waals surface area (Å²) in [5.74, 6) is 1.19. The lowest BCUT2D eigenvalue weighted by molar-refractivity contribution is 0.0950. The first-order valence-corrected chi connectivity index (χ1v) is 9.71. The maximum absolute atomic E-state index is 12.5. The number of amides is 1. The zero-order chi connectivity index (χ0) is 21.8. The fourth-order valence-corrected chi connectivity index (χ4v) is 3.26. The summed E-state index contributed by atoms with van der Waals surface area (Å²) in [5.41, 5.74) is 8.71. The van der Waals surface area contributed by atoms with Gasteiger partial charge in [-0.1, -0.05) is 41.1 Å². The minimum absolute atomic E-state index is 0.160. The van der Waals surface area contributed by atoms with Gasteiger partial charge in [-0.15, -0.1) is 5.10 Å². The number of H-pyrrole nitrogens is 1. The maximum Gasteiger partial charge on any atom is 0.251 e. The Kier molecular flexibility index (Phi) is 5.85. The summed E-state index contributed by atoms with van der Waals surface area (Å²) in [4.78, 5) is 16.6. The number of anilines is 1. The predicted molar refractivity (Wildman–Crippen MR) is 116 cm³/mol. The first kappa shape index (κ1) is 20.4. The van der Waals surface area contributed by atoms with Gasteiger partial charge in [0.2, 0.25) is 0 Å². The summed E-state index contributed by atoms with van der Waals surface area (Å²) in [7, 11) is 1.59. The molecule has 0 aliphatic rings. The average Bonchev–Trinajstić information content (AvgIpc) is 3.25. The number of hydrogen-bond acceptors (Lipinski definition) is 7. The van der Waals surface area contributed by atoms with Gasteiger partial charge in [-0.05, 0) is 18.2 Å². The number of carbonyl (C=O) groups is 1. The number of aromatic amines is 1. The van der Waals surface area contributed by atoms with Crippen molar-refractivity contribution in [3.05, 3.63) is 70.2 Å². The fraction of sp³-hybridized carbons (Fsp3) is 0.143. The van der Waals surface area contributed by atoms with Crippen LogP contribution >= 0.6 is 11.6 Å². The van der Waals surface area contributed by atoms with E-state index >= 15 is 0 Å². The first-order chi connectivity index (χ1) is 15.0. The molecule has 0 saturated carbocycles. The number of nitrogens with two attached hydrogens (primary N) is 1. The molecule has 158 valence electrons. The molecule has 0 bridgehead atoms. The number of nitrogens with one attached hydrogen (secondary N) is 2. The molecule has 4 N–H and O–H groups in total. The summed E-state index contributed by atoms with van der Waals surface area (Å²) in [6.07, 6.45) is 0. The quantitative estimate of drug-likeness (QED) is 0.404. The van der Waals surface area contributed by atoms with Gasteiger partial charge in [0, 0.05) is 34.3 Å². The lowest BCUT2D eigenvalue weighted by Crippen LogP contribution is -2.23. The Hall–Kier alpha value is -3.85. The van der Waals surface area contributed by atoms with Gasteiger partial charge >= 0.3 is 0 Å². The highest BCUT2D eigenvalue weighted by molar-refractivity contribution is 6.31. The number of hydrogen-bond donors (Lipinski definition) is 3. The van der Waals surface area contributed by atoms with Gasteiger partial charge in [0.25, 0.3) is 5.91 Å². The molecule has 31 heavy (non-hydrogen) atoms. The van der Waals surface area contributed by atoms with Gasteiger partial charge in [0.15, 0.2) is 16.9 Å². The van der Waals surface area contributed by atoms with Gasteiger partial charge in [-0.3, -0.25) is 4.79 Å². The molecule has 0 radical (unpaired) electrons. The molecule has 4 aromatic rings. The SMILES string of the molecule is COc1ccccc1CNC(=O)c1ccc(COc2cc(N)nc3[nH]nnc23)c(Cl)c1. The highest BCUT2D eigenvalue weighted by atomic mass is 35.5. The van der Waals surface area contributed by atoms with Crippen molar-refractivity contribution in [2.24, 2.45) is 0 Å². The number of aromatic nitrogens is 4. The van der Waals surface area contributed by atoms with Crippen molar-refractivity contribution in [1.82, 2.24) is 25.7 Å². The predicted octanol–water partition coefficient (Wildman–Crippen LogP) is 3.11. The van der Waals surface area contributed by atoms with E-state index in [9.17, 15) is 4.79 Å². The van der Waals surface area contributed by atoms with Gasteiger partial charge in [0.05, 0.1) is 7.11 Å². The van der Waals surface area contributed by atoms with Crippen molar-refractivity contribution in [2.45, 2.75) is 13.2 Å². The molecular formula is C21H19ClN6O3. The lowest BCUT2D eigenvalue weighted by Gasteiger charge is -2.11. The van der Waals surface area contributed by atoms with Crippen molar-refractivity contribution in [3.8, 4) is 11.5 Å². The second-order valence-electron chi connectivity index (χ2n) is 6.64. The zero-order valence-corrected chi connectivity index (χ0v) is 17.3. The van der Waals surface area contributed by atoms with E-state index in [0.29, 0.717) is 45.4 Å². The van der Waals surface area contributed by atoms with Crippen LogP contribution in [0.25, 0.3) is 11.2 Å². The third kappa shape index (κ3) is 4.51. The molecule has 1 amide bonds. The van der Waals surface area contributed by atoms with E-state index in [0.717, 1.165) is 5.56 Å². The van der Waals surface area contributed by atoms with Crippen LogP contribution in [0.4, 0.5) is 5.82 Å². The van der Waals surface area contributed by atoms with Crippen LogP contribution in [0.5, 0.6) is 11.5 Å². The van der Waals surface area contributed by atoms with Gasteiger partial charge in [-0.25, -0.2) is 10.1 Å². The molecule has 9 nitrogen and oxygen atoms in total. The monoisotopic (exact) mass is 438 g/mol. The summed E-state index contributed by atoms with van der Waals surface area (Å²) in [6.45, 7) is 0.496. The minimum Gasteiger partial charge on any atom is -0.496 e.